The van der Waals surface area contributed by atoms with Crippen LogP contribution < -0.4 is 10.1 Å². The molecule has 2 aromatic carbocycles. The van der Waals surface area contributed by atoms with E-state index in [1.165, 1.54) is 12.1 Å². The molecule has 1 heterocycles. The summed E-state index contributed by atoms with van der Waals surface area (Å²) in [5.74, 6) is -0.683. The van der Waals surface area contributed by atoms with Crippen molar-refractivity contribution in [3.63, 3.8) is 0 Å². The minimum atomic E-state index is -0.587. The third-order valence-electron chi connectivity index (χ3n) is 3.80. The van der Waals surface area contributed by atoms with E-state index in [-0.39, 0.29) is 34.3 Å². The van der Waals surface area contributed by atoms with Crippen LogP contribution in [0.3, 0.4) is 0 Å². The molecule has 0 saturated carbocycles. The molecule has 1 amide bonds. The van der Waals surface area contributed by atoms with Gasteiger partial charge in [0.1, 0.15) is 0 Å². The summed E-state index contributed by atoms with van der Waals surface area (Å²) in [4.78, 5) is 27.4. The van der Waals surface area contributed by atoms with Gasteiger partial charge < -0.3 is 15.2 Å². The van der Waals surface area contributed by atoms with Crippen LogP contribution in [0.5, 0.6) is 11.5 Å². The fourth-order valence-electron chi connectivity index (χ4n) is 2.45. The van der Waals surface area contributed by atoms with E-state index in [1.807, 2.05) is 31.2 Å². The van der Waals surface area contributed by atoms with Gasteiger partial charge in [-0.05, 0) is 43.8 Å². The topological polar surface area (TPSA) is 114 Å². The highest BCUT2D eigenvalue weighted by molar-refractivity contribution is 8.18. The molecule has 3 rings (SSSR count). The highest BCUT2D eigenvalue weighted by Gasteiger charge is 2.25. The standard InChI is InChI=1S/C19H17N3O5S/c1-3-27-15-10-14(22(25)26)8-12(17(15)23)9-16-18(24)21-19(28-16)20-13-6-4-11(2)5-7-13/h4-10,23H,3H2,1-2H3,(H,20,21,24)/b16-9+. The van der Waals surface area contributed by atoms with Gasteiger partial charge in [0.2, 0.25) is 0 Å². The number of rotatable bonds is 5. The molecule has 0 aromatic heterocycles. The van der Waals surface area contributed by atoms with Crippen molar-refractivity contribution >= 4 is 40.3 Å². The van der Waals surface area contributed by atoms with Gasteiger partial charge in [-0.15, -0.1) is 0 Å². The third kappa shape index (κ3) is 4.32. The molecule has 2 N–H and O–H groups in total. The van der Waals surface area contributed by atoms with E-state index in [9.17, 15) is 20.0 Å². The average molecular weight is 399 g/mol. The molecule has 0 radical (unpaired) electrons. The number of non-ortho nitro benzene ring substituents is 1. The molecule has 144 valence electrons. The minimum Gasteiger partial charge on any atom is -0.504 e. The first-order valence-corrected chi connectivity index (χ1v) is 9.19. The molecule has 0 unspecified atom stereocenters. The quantitative estimate of drug-likeness (QED) is 0.448. The number of aliphatic imine (C=N–C) groups is 1. The number of carbonyl (C=O) groups excluding carboxylic acids is 1. The lowest BCUT2D eigenvalue weighted by Crippen LogP contribution is -2.19. The Hall–Kier alpha value is -3.33. The van der Waals surface area contributed by atoms with Crippen molar-refractivity contribution in [2.24, 2.45) is 4.99 Å². The van der Waals surface area contributed by atoms with E-state index in [0.717, 1.165) is 23.4 Å². The number of nitrogens with one attached hydrogen (secondary N) is 1. The monoisotopic (exact) mass is 399 g/mol. The Morgan fingerprint density at radius 2 is 2.04 bits per heavy atom. The number of hydrogen-bond donors (Lipinski definition) is 2. The van der Waals surface area contributed by atoms with Gasteiger partial charge in [-0.25, -0.2) is 4.99 Å². The van der Waals surface area contributed by atoms with Crippen LogP contribution in [0.4, 0.5) is 11.4 Å². The zero-order valence-corrected chi connectivity index (χ0v) is 15.9. The van der Waals surface area contributed by atoms with Crippen molar-refractivity contribution in [1.29, 1.82) is 0 Å². The third-order valence-corrected chi connectivity index (χ3v) is 4.71. The normalized spacial score (nSPS) is 16.4. The van der Waals surface area contributed by atoms with Gasteiger partial charge in [0.15, 0.2) is 16.7 Å². The number of aryl methyl sites for hydroxylation is 1. The predicted octanol–water partition coefficient (Wildman–Crippen LogP) is 3.90. The number of thioether (sulfide) groups is 1. The summed E-state index contributed by atoms with van der Waals surface area (Å²) < 4.78 is 5.25. The van der Waals surface area contributed by atoms with Crippen LogP contribution in [0, 0.1) is 17.0 Å². The number of nitrogens with zero attached hydrogens (tertiary/aromatic N) is 2. The molecule has 0 aliphatic carbocycles. The molecule has 0 bridgehead atoms. The number of aromatic hydroxyl groups is 1. The van der Waals surface area contributed by atoms with Crippen molar-refractivity contribution in [2.75, 3.05) is 6.61 Å². The number of amides is 1. The average Bonchev–Trinajstić information content (AvgIpc) is 2.99. The van der Waals surface area contributed by atoms with Crippen LogP contribution in [0.25, 0.3) is 6.08 Å². The number of phenolic OH excluding ortho intramolecular Hbond substituents is 1. The van der Waals surface area contributed by atoms with Gasteiger partial charge in [0, 0.05) is 11.6 Å². The van der Waals surface area contributed by atoms with E-state index in [4.69, 9.17) is 4.74 Å². The highest BCUT2D eigenvalue weighted by atomic mass is 32.2. The Labute approximate surface area is 165 Å². The van der Waals surface area contributed by atoms with Crippen molar-refractivity contribution in [1.82, 2.24) is 5.32 Å². The smallest absolute Gasteiger partial charge is 0.274 e. The van der Waals surface area contributed by atoms with Crippen molar-refractivity contribution < 1.29 is 19.6 Å². The van der Waals surface area contributed by atoms with Gasteiger partial charge in [-0.3, -0.25) is 14.9 Å². The summed E-state index contributed by atoms with van der Waals surface area (Å²) in [5.41, 5.74) is 1.65. The molecule has 0 spiro atoms. The lowest BCUT2D eigenvalue weighted by molar-refractivity contribution is -0.385. The maximum atomic E-state index is 12.2. The Morgan fingerprint density at radius 3 is 2.68 bits per heavy atom. The summed E-state index contributed by atoms with van der Waals surface area (Å²) in [6.07, 6.45) is 1.38. The highest BCUT2D eigenvalue weighted by Crippen LogP contribution is 2.38. The Bertz CT molecular complexity index is 999. The maximum absolute atomic E-state index is 12.2. The number of phenols is 1. The van der Waals surface area contributed by atoms with Gasteiger partial charge in [0.05, 0.1) is 28.2 Å². The Morgan fingerprint density at radius 1 is 1.32 bits per heavy atom. The second-order valence-electron chi connectivity index (χ2n) is 5.89. The fourth-order valence-corrected chi connectivity index (χ4v) is 3.29. The number of nitro groups is 1. The van der Waals surface area contributed by atoms with Crippen LogP contribution in [0.15, 0.2) is 46.3 Å². The van der Waals surface area contributed by atoms with Gasteiger partial charge in [-0.2, -0.15) is 0 Å². The molecular formula is C19H17N3O5S. The van der Waals surface area contributed by atoms with E-state index in [0.29, 0.717) is 10.9 Å². The molecule has 1 fully saturated rings. The molecule has 1 saturated heterocycles. The zero-order valence-electron chi connectivity index (χ0n) is 15.1. The lowest BCUT2D eigenvalue weighted by Gasteiger charge is -2.08. The van der Waals surface area contributed by atoms with E-state index < -0.39 is 10.8 Å². The summed E-state index contributed by atoms with van der Waals surface area (Å²) in [6.45, 7) is 3.89. The first-order chi connectivity index (χ1) is 13.4. The summed E-state index contributed by atoms with van der Waals surface area (Å²) in [5, 5.41) is 24.5. The molecule has 1 aliphatic rings. The molecule has 1 aliphatic heterocycles. The van der Waals surface area contributed by atoms with Crippen LogP contribution in [-0.2, 0) is 4.79 Å². The van der Waals surface area contributed by atoms with E-state index in [2.05, 4.69) is 10.3 Å². The Balaban J connectivity index is 1.94. The van der Waals surface area contributed by atoms with Crippen molar-refractivity contribution in [3.05, 3.63) is 62.5 Å². The summed E-state index contributed by atoms with van der Waals surface area (Å²) in [7, 11) is 0. The van der Waals surface area contributed by atoms with Gasteiger partial charge >= 0.3 is 0 Å². The maximum Gasteiger partial charge on any atom is 0.274 e. The van der Waals surface area contributed by atoms with Gasteiger partial charge in [-0.1, -0.05) is 17.7 Å². The van der Waals surface area contributed by atoms with E-state index >= 15 is 0 Å². The lowest BCUT2D eigenvalue weighted by atomic mass is 10.1. The predicted molar refractivity (Wildman–Crippen MR) is 108 cm³/mol. The minimum absolute atomic E-state index is 0.0134. The Kier molecular flexibility index (Phi) is 5.65. The fraction of sp³-hybridized carbons (Fsp3) is 0.158. The van der Waals surface area contributed by atoms with Crippen LogP contribution >= 0.6 is 11.8 Å². The van der Waals surface area contributed by atoms with Crippen LogP contribution in [0.1, 0.15) is 18.1 Å². The van der Waals surface area contributed by atoms with Crippen LogP contribution in [0.2, 0.25) is 0 Å². The summed E-state index contributed by atoms with van der Waals surface area (Å²) in [6, 6.07) is 9.82. The second-order valence-corrected chi connectivity index (χ2v) is 6.92. The number of nitro benzene ring substituents is 1. The molecule has 0 atom stereocenters. The number of ether oxygens (including phenoxy) is 1. The van der Waals surface area contributed by atoms with Crippen molar-refractivity contribution in [3.8, 4) is 11.5 Å². The first kappa shape index (κ1) is 19.4. The molecular weight excluding hydrogens is 382 g/mol. The summed E-state index contributed by atoms with van der Waals surface area (Å²) >= 11 is 1.08. The van der Waals surface area contributed by atoms with Crippen molar-refractivity contribution in [2.45, 2.75) is 13.8 Å². The zero-order chi connectivity index (χ0) is 20.3. The SMILES string of the molecule is CCOc1cc([N+](=O)[O-])cc(/C=C2/SC(=Nc3ccc(C)cc3)NC2=O)c1O. The second kappa shape index (κ2) is 8.13. The molecule has 28 heavy (non-hydrogen) atoms. The molecule has 9 heteroatoms. The number of amidine groups is 1. The first-order valence-electron chi connectivity index (χ1n) is 8.38. The largest absolute Gasteiger partial charge is 0.504 e. The molecule has 8 nitrogen and oxygen atoms in total. The van der Waals surface area contributed by atoms with E-state index in [1.54, 1.807) is 6.92 Å². The number of carbonyl (C=O) groups is 1. The van der Waals surface area contributed by atoms with Gasteiger partial charge in [0.25, 0.3) is 11.6 Å². The number of hydrogen-bond acceptors (Lipinski definition) is 7. The molecule has 2 aromatic rings. The van der Waals surface area contributed by atoms with Crippen LogP contribution in [-0.4, -0.2) is 27.7 Å². The number of benzene rings is 2.